The Morgan fingerprint density at radius 1 is 1.19 bits per heavy atom. The molecule has 0 unspecified atom stereocenters. The van der Waals surface area contributed by atoms with Gasteiger partial charge in [0.25, 0.3) is 5.91 Å². The van der Waals surface area contributed by atoms with E-state index in [0.29, 0.717) is 5.56 Å². The quantitative estimate of drug-likeness (QED) is 0.814. The van der Waals surface area contributed by atoms with Gasteiger partial charge in [-0.15, -0.1) is 0 Å². The molecule has 6 heteroatoms. The first-order valence-electron chi connectivity index (χ1n) is 9.54. The third kappa shape index (κ3) is 5.20. The summed E-state index contributed by atoms with van der Waals surface area (Å²) in [6.07, 6.45) is 2.55. The van der Waals surface area contributed by atoms with Crippen LogP contribution in [0.4, 0.5) is 5.82 Å². The summed E-state index contributed by atoms with van der Waals surface area (Å²) >= 11 is 0. The lowest BCUT2D eigenvalue weighted by Crippen LogP contribution is -2.48. The van der Waals surface area contributed by atoms with E-state index in [-0.39, 0.29) is 5.91 Å². The second-order valence-corrected chi connectivity index (χ2v) is 6.68. The van der Waals surface area contributed by atoms with Crippen LogP contribution >= 0.6 is 0 Å². The van der Waals surface area contributed by atoms with Crippen LogP contribution < -0.4 is 10.1 Å². The summed E-state index contributed by atoms with van der Waals surface area (Å²) < 4.78 is 5.26. The Morgan fingerprint density at radius 3 is 2.74 bits per heavy atom. The smallest absolute Gasteiger partial charge is 0.254 e. The van der Waals surface area contributed by atoms with Crippen LogP contribution in [-0.2, 0) is 6.42 Å². The number of hydrogen-bond acceptors (Lipinski definition) is 5. The molecule has 1 N–H and O–H groups in total. The summed E-state index contributed by atoms with van der Waals surface area (Å²) in [4.78, 5) is 21.4. The molecule has 0 aliphatic carbocycles. The summed E-state index contributed by atoms with van der Waals surface area (Å²) in [7, 11) is 1.67. The molecule has 2 heterocycles. The number of likely N-dealkylation sites (N-methyl/N-ethyl adjacent to an activating group) is 1. The minimum Gasteiger partial charge on any atom is -0.497 e. The lowest BCUT2D eigenvalue weighted by atomic mass is 10.1. The van der Waals surface area contributed by atoms with Crippen LogP contribution in [-0.4, -0.2) is 67.1 Å². The standard InChI is InChI=1S/C21H28N4O2/c1-3-24-11-13-25(14-12-24)21(26)18-8-10-23-20(16-18)22-9-7-17-5-4-6-19(15-17)27-2/h4-6,8,10,15-16H,3,7,9,11-14H2,1-2H3,(H,22,23). The number of pyridine rings is 1. The van der Waals surface area contributed by atoms with Crippen LogP contribution in [0.25, 0.3) is 0 Å². The average Bonchev–Trinajstić information content (AvgIpc) is 2.73. The van der Waals surface area contributed by atoms with E-state index in [1.807, 2.05) is 29.2 Å². The molecule has 144 valence electrons. The zero-order chi connectivity index (χ0) is 19.1. The van der Waals surface area contributed by atoms with Gasteiger partial charge in [0.05, 0.1) is 7.11 Å². The Labute approximate surface area is 161 Å². The third-order valence-corrected chi connectivity index (χ3v) is 4.97. The van der Waals surface area contributed by atoms with Gasteiger partial charge in [0.1, 0.15) is 11.6 Å². The molecule has 6 nitrogen and oxygen atoms in total. The largest absolute Gasteiger partial charge is 0.497 e. The first-order valence-corrected chi connectivity index (χ1v) is 9.54. The highest BCUT2D eigenvalue weighted by Gasteiger charge is 2.21. The van der Waals surface area contributed by atoms with Crippen LogP contribution in [0.3, 0.4) is 0 Å². The normalized spacial score (nSPS) is 14.8. The first-order chi connectivity index (χ1) is 13.2. The Kier molecular flexibility index (Phi) is 6.65. The number of hydrogen-bond donors (Lipinski definition) is 1. The van der Waals surface area contributed by atoms with Gasteiger partial charge < -0.3 is 19.9 Å². The van der Waals surface area contributed by atoms with Crippen molar-refractivity contribution in [2.75, 3.05) is 51.7 Å². The van der Waals surface area contributed by atoms with Gasteiger partial charge in [0, 0.05) is 44.5 Å². The minimum atomic E-state index is 0.0870. The number of methoxy groups -OCH3 is 1. The predicted octanol–water partition coefficient (Wildman–Crippen LogP) is 2.52. The van der Waals surface area contributed by atoms with E-state index in [1.54, 1.807) is 19.4 Å². The van der Waals surface area contributed by atoms with Crippen molar-refractivity contribution >= 4 is 11.7 Å². The summed E-state index contributed by atoms with van der Waals surface area (Å²) in [5.41, 5.74) is 1.89. The maximum absolute atomic E-state index is 12.8. The molecule has 2 aromatic rings. The lowest BCUT2D eigenvalue weighted by Gasteiger charge is -2.34. The number of amides is 1. The van der Waals surface area contributed by atoms with E-state index < -0.39 is 0 Å². The molecule has 1 aliphatic rings. The highest BCUT2D eigenvalue weighted by Crippen LogP contribution is 2.14. The van der Waals surface area contributed by atoms with Crippen molar-refractivity contribution in [1.29, 1.82) is 0 Å². The Balaban J connectivity index is 1.54. The third-order valence-electron chi connectivity index (χ3n) is 4.97. The van der Waals surface area contributed by atoms with Crippen LogP contribution in [0.5, 0.6) is 5.75 Å². The molecular weight excluding hydrogens is 340 g/mol. The Hall–Kier alpha value is -2.60. The molecular formula is C21H28N4O2. The van der Waals surface area contributed by atoms with Crippen molar-refractivity contribution in [1.82, 2.24) is 14.8 Å². The van der Waals surface area contributed by atoms with Gasteiger partial charge in [-0.1, -0.05) is 19.1 Å². The van der Waals surface area contributed by atoms with Crippen molar-refractivity contribution in [3.63, 3.8) is 0 Å². The fraction of sp³-hybridized carbons (Fsp3) is 0.429. The maximum atomic E-state index is 12.8. The first kappa shape index (κ1) is 19.2. The van der Waals surface area contributed by atoms with E-state index >= 15 is 0 Å². The molecule has 0 bridgehead atoms. The average molecular weight is 368 g/mol. The summed E-state index contributed by atoms with van der Waals surface area (Å²) in [6, 6.07) is 11.7. The van der Waals surface area contributed by atoms with Crippen molar-refractivity contribution < 1.29 is 9.53 Å². The van der Waals surface area contributed by atoms with Crippen molar-refractivity contribution in [3.05, 3.63) is 53.7 Å². The fourth-order valence-electron chi connectivity index (χ4n) is 3.27. The van der Waals surface area contributed by atoms with Gasteiger partial charge >= 0.3 is 0 Å². The molecule has 1 aromatic heterocycles. The molecule has 0 spiro atoms. The highest BCUT2D eigenvalue weighted by molar-refractivity contribution is 5.94. The maximum Gasteiger partial charge on any atom is 0.254 e. The number of carbonyl (C=O) groups is 1. The number of benzene rings is 1. The van der Waals surface area contributed by atoms with E-state index in [2.05, 4.69) is 28.2 Å². The van der Waals surface area contributed by atoms with Crippen LogP contribution in [0.2, 0.25) is 0 Å². The fourth-order valence-corrected chi connectivity index (χ4v) is 3.27. The Morgan fingerprint density at radius 2 is 2.00 bits per heavy atom. The van der Waals surface area contributed by atoms with E-state index in [9.17, 15) is 4.79 Å². The molecule has 1 fully saturated rings. The molecule has 27 heavy (non-hydrogen) atoms. The second-order valence-electron chi connectivity index (χ2n) is 6.68. The van der Waals surface area contributed by atoms with Crippen LogP contribution in [0.15, 0.2) is 42.6 Å². The number of ether oxygens (including phenoxy) is 1. The molecule has 1 amide bonds. The number of nitrogens with zero attached hydrogens (tertiary/aromatic N) is 3. The monoisotopic (exact) mass is 368 g/mol. The topological polar surface area (TPSA) is 57.7 Å². The predicted molar refractivity (Wildman–Crippen MR) is 107 cm³/mol. The van der Waals surface area contributed by atoms with Crippen molar-refractivity contribution in [2.45, 2.75) is 13.3 Å². The van der Waals surface area contributed by atoms with Gasteiger partial charge in [-0.2, -0.15) is 0 Å². The Bertz CT molecular complexity index is 757. The van der Waals surface area contributed by atoms with Crippen molar-refractivity contribution in [3.8, 4) is 5.75 Å². The number of nitrogens with one attached hydrogen (secondary N) is 1. The molecule has 1 aliphatic heterocycles. The van der Waals surface area contributed by atoms with Crippen LogP contribution in [0, 0.1) is 0 Å². The molecule has 1 saturated heterocycles. The number of piperazine rings is 1. The number of anilines is 1. The molecule has 0 atom stereocenters. The van der Waals surface area contributed by atoms with Gasteiger partial charge in [-0.3, -0.25) is 4.79 Å². The zero-order valence-corrected chi connectivity index (χ0v) is 16.1. The van der Waals surface area contributed by atoms with Gasteiger partial charge in [-0.05, 0) is 42.8 Å². The number of rotatable bonds is 7. The van der Waals surface area contributed by atoms with E-state index in [1.165, 1.54) is 5.56 Å². The summed E-state index contributed by atoms with van der Waals surface area (Å²) in [5, 5.41) is 3.31. The van der Waals surface area contributed by atoms with E-state index in [0.717, 1.165) is 57.3 Å². The van der Waals surface area contributed by atoms with Crippen molar-refractivity contribution in [2.24, 2.45) is 0 Å². The minimum absolute atomic E-state index is 0.0870. The molecule has 3 rings (SSSR count). The SMILES string of the molecule is CCN1CCN(C(=O)c2ccnc(NCCc3cccc(OC)c3)c2)CC1. The van der Waals surface area contributed by atoms with Gasteiger partial charge in [0.15, 0.2) is 0 Å². The number of aromatic nitrogens is 1. The highest BCUT2D eigenvalue weighted by atomic mass is 16.5. The number of carbonyl (C=O) groups excluding carboxylic acids is 1. The summed E-state index contributed by atoms with van der Waals surface area (Å²) in [5.74, 6) is 1.68. The molecule has 0 saturated carbocycles. The molecule has 0 radical (unpaired) electrons. The second kappa shape index (κ2) is 9.37. The van der Waals surface area contributed by atoms with E-state index in [4.69, 9.17) is 4.74 Å². The van der Waals surface area contributed by atoms with Gasteiger partial charge in [-0.25, -0.2) is 4.98 Å². The zero-order valence-electron chi connectivity index (χ0n) is 16.1. The van der Waals surface area contributed by atoms with Crippen LogP contribution in [0.1, 0.15) is 22.8 Å². The molecule has 1 aromatic carbocycles. The summed E-state index contributed by atoms with van der Waals surface area (Å²) in [6.45, 7) is 7.40. The lowest BCUT2D eigenvalue weighted by molar-refractivity contribution is 0.0643. The van der Waals surface area contributed by atoms with Gasteiger partial charge in [0.2, 0.25) is 0 Å².